The van der Waals surface area contributed by atoms with Crippen LogP contribution in [0, 0.1) is 5.92 Å². The predicted octanol–water partition coefficient (Wildman–Crippen LogP) is 1.06. The lowest BCUT2D eigenvalue weighted by atomic mass is 10.0. The van der Waals surface area contributed by atoms with Crippen molar-refractivity contribution in [2.75, 3.05) is 13.2 Å². The van der Waals surface area contributed by atoms with Crippen molar-refractivity contribution in [3.63, 3.8) is 0 Å². The first-order valence-electron chi connectivity index (χ1n) is 7.48. The lowest BCUT2D eigenvalue weighted by molar-refractivity contribution is 0.107. The van der Waals surface area contributed by atoms with Gasteiger partial charge in [0.05, 0.1) is 11.0 Å². The van der Waals surface area contributed by atoms with Crippen molar-refractivity contribution in [2.45, 2.75) is 50.8 Å². The summed E-state index contributed by atoms with van der Waals surface area (Å²) in [6.07, 6.45) is 3.61. The molecule has 7 heteroatoms. The third kappa shape index (κ3) is 3.85. The van der Waals surface area contributed by atoms with E-state index >= 15 is 0 Å². The largest absolute Gasteiger partial charge is 0.378 e. The van der Waals surface area contributed by atoms with Crippen LogP contribution >= 0.6 is 0 Å². The van der Waals surface area contributed by atoms with Crippen molar-refractivity contribution in [2.24, 2.45) is 11.7 Å². The molecule has 1 aliphatic rings. The van der Waals surface area contributed by atoms with Crippen molar-refractivity contribution < 1.29 is 13.2 Å². The molecule has 2 heterocycles. The van der Waals surface area contributed by atoms with Gasteiger partial charge in [-0.25, -0.2) is 13.1 Å². The van der Waals surface area contributed by atoms with Crippen LogP contribution in [-0.2, 0) is 27.8 Å². The molecule has 2 rings (SSSR count). The van der Waals surface area contributed by atoms with E-state index in [0.717, 1.165) is 25.1 Å². The standard InChI is InChI=1S/C14H25N3O3S/c1-3-5-17-10-14(7-13(17)8-15)21(18,19)16-9-12-4-6-20-11(12)2/h7,10-12,16H,3-6,8-9,15H2,1-2H3. The van der Waals surface area contributed by atoms with Crippen molar-refractivity contribution in [3.8, 4) is 0 Å². The number of rotatable bonds is 7. The molecule has 1 aromatic rings. The summed E-state index contributed by atoms with van der Waals surface area (Å²) in [6.45, 7) is 6.27. The number of hydrogen-bond donors (Lipinski definition) is 2. The highest BCUT2D eigenvalue weighted by Crippen LogP contribution is 2.21. The van der Waals surface area contributed by atoms with Crippen LogP contribution in [0.15, 0.2) is 17.2 Å². The number of nitrogens with two attached hydrogens (primary N) is 1. The Morgan fingerprint density at radius 1 is 1.52 bits per heavy atom. The fourth-order valence-corrected chi connectivity index (χ4v) is 3.79. The van der Waals surface area contributed by atoms with Crippen LogP contribution in [0.5, 0.6) is 0 Å². The van der Waals surface area contributed by atoms with E-state index in [1.807, 2.05) is 18.4 Å². The summed E-state index contributed by atoms with van der Waals surface area (Å²) in [7, 11) is -3.48. The monoisotopic (exact) mass is 315 g/mol. The Bertz CT molecular complexity index is 568. The summed E-state index contributed by atoms with van der Waals surface area (Å²) in [5, 5.41) is 0. The summed E-state index contributed by atoms with van der Waals surface area (Å²) >= 11 is 0. The molecule has 0 aromatic carbocycles. The maximum atomic E-state index is 12.4. The molecule has 21 heavy (non-hydrogen) atoms. The Labute approximate surface area is 126 Å². The Hall–Kier alpha value is -0.890. The van der Waals surface area contributed by atoms with Gasteiger partial charge in [0, 0.05) is 44.0 Å². The van der Waals surface area contributed by atoms with E-state index in [4.69, 9.17) is 10.5 Å². The zero-order chi connectivity index (χ0) is 15.5. The Balaban J connectivity index is 2.08. The highest BCUT2D eigenvalue weighted by Gasteiger charge is 2.26. The lowest BCUT2D eigenvalue weighted by Gasteiger charge is -2.14. The maximum Gasteiger partial charge on any atom is 0.242 e. The van der Waals surface area contributed by atoms with E-state index in [1.54, 1.807) is 12.3 Å². The van der Waals surface area contributed by atoms with Crippen LogP contribution in [0.4, 0.5) is 0 Å². The molecule has 0 aliphatic carbocycles. The topological polar surface area (TPSA) is 86.3 Å². The van der Waals surface area contributed by atoms with E-state index in [9.17, 15) is 8.42 Å². The summed E-state index contributed by atoms with van der Waals surface area (Å²) in [5.41, 5.74) is 6.52. The second-order valence-electron chi connectivity index (χ2n) is 5.54. The zero-order valence-electron chi connectivity index (χ0n) is 12.7. The molecular formula is C14H25N3O3S. The van der Waals surface area contributed by atoms with Gasteiger partial charge in [0.15, 0.2) is 0 Å². The van der Waals surface area contributed by atoms with Gasteiger partial charge in [-0.05, 0) is 25.8 Å². The summed E-state index contributed by atoms with van der Waals surface area (Å²) < 4.78 is 34.8. The minimum Gasteiger partial charge on any atom is -0.378 e. The fraction of sp³-hybridized carbons (Fsp3) is 0.714. The first-order chi connectivity index (χ1) is 9.97. The molecule has 1 aliphatic heterocycles. The molecule has 0 saturated carbocycles. The number of sulfonamides is 1. The molecule has 1 saturated heterocycles. The molecule has 3 N–H and O–H groups in total. The van der Waals surface area contributed by atoms with Gasteiger partial charge in [-0.1, -0.05) is 6.92 Å². The number of nitrogens with one attached hydrogen (secondary N) is 1. The van der Waals surface area contributed by atoms with Crippen LogP contribution in [0.2, 0.25) is 0 Å². The molecule has 0 spiro atoms. The lowest BCUT2D eigenvalue weighted by Crippen LogP contribution is -2.31. The van der Waals surface area contributed by atoms with Gasteiger partial charge >= 0.3 is 0 Å². The Morgan fingerprint density at radius 3 is 2.86 bits per heavy atom. The maximum absolute atomic E-state index is 12.4. The Morgan fingerprint density at radius 2 is 2.29 bits per heavy atom. The molecule has 120 valence electrons. The van der Waals surface area contributed by atoms with Gasteiger partial charge in [0.25, 0.3) is 0 Å². The minimum atomic E-state index is -3.48. The van der Waals surface area contributed by atoms with Gasteiger partial charge in [-0.3, -0.25) is 0 Å². The van der Waals surface area contributed by atoms with Gasteiger partial charge in [-0.2, -0.15) is 0 Å². The van der Waals surface area contributed by atoms with Gasteiger partial charge < -0.3 is 15.0 Å². The number of aryl methyl sites for hydroxylation is 1. The predicted molar refractivity (Wildman–Crippen MR) is 81.3 cm³/mol. The van der Waals surface area contributed by atoms with Gasteiger partial charge in [-0.15, -0.1) is 0 Å². The Kier molecular flexibility index (Phi) is 5.43. The zero-order valence-corrected chi connectivity index (χ0v) is 13.5. The van der Waals surface area contributed by atoms with Crippen molar-refractivity contribution >= 4 is 10.0 Å². The highest BCUT2D eigenvalue weighted by atomic mass is 32.2. The molecule has 2 unspecified atom stereocenters. The van der Waals surface area contributed by atoms with Crippen molar-refractivity contribution in [1.82, 2.24) is 9.29 Å². The first kappa shape index (κ1) is 16.5. The van der Waals surface area contributed by atoms with Crippen LogP contribution in [-0.4, -0.2) is 32.2 Å². The minimum absolute atomic E-state index is 0.108. The summed E-state index contributed by atoms with van der Waals surface area (Å²) in [5.74, 6) is 0.242. The smallest absolute Gasteiger partial charge is 0.242 e. The second-order valence-corrected chi connectivity index (χ2v) is 7.31. The molecule has 0 amide bonds. The third-order valence-electron chi connectivity index (χ3n) is 4.01. The SMILES string of the molecule is CCCn1cc(S(=O)(=O)NCC2CCOC2C)cc1CN. The number of hydrogen-bond acceptors (Lipinski definition) is 4. The average Bonchev–Trinajstić information content (AvgIpc) is 3.04. The number of ether oxygens (including phenoxy) is 1. The quantitative estimate of drug-likeness (QED) is 0.788. The van der Waals surface area contributed by atoms with E-state index in [-0.39, 0.29) is 12.0 Å². The first-order valence-corrected chi connectivity index (χ1v) is 8.96. The normalized spacial score (nSPS) is 22.8. The molecule has 0 bridgehead atoms. The van der Waals surface area contributed by atoms with E-state index < -0.39 is 10.0 Å². The molecule has 6 nitrogen and oxygen atoms in total. The van der Waals surface area contributed by atoms with Crippen LogP contribution < -0.4 is 10.5 Å². The van der Waals surface area contributed by atoms with Crippen LogP contribution in [0.25, 0.3) is 0 Å². The summed E-state index contributed by atoms with van der Waals surface area (Å²) in [4.78, 5) is 0.294. The number of aromatic nitrogens is 1. The van der Waals surface area contributed by atoms with Gasteiger partial charge in [0.2, 0.25) is 10.0 Å². The van der Waals surface area contributed by atoms with Crippen molar-refractivity contribution in [1.29, 1.82) is 0 Å². The van der Waals surface area contributed by atoms with Gasteiger partial charge in [0.1, 0.15) is 0 Å². The van der Waals surface area contributed by atoms with Crippen LogP contribution in [0.3, 0.4) is 0 Å². The van der Waals surface area contributed by atoms with Crippen LogP contribution in [0.1, 0.15) is 32.4 Å². The molecule has 1 fully saturated rings. The second kappa shape index (κ2) is 6.91. The van der Waals surface area contributed by atoms with E-state index in [2.05, 4.69) is 4.72 Å². The van der Waals surface area contributed by atoms with E-state index in [0.29, 0.717) is 24.6 Å². The molecular weight excluding hydrogens is 290 g/mol. The molecule has 0 radical (unpaired) electrons. The third-order valence-corrected chi connectivity index (χ3v) is 5.40. The number of nitrogens with zero attached hydrogens (tertiary/aromatic N) is 1. The highest BCUT2D eigenvalue weighted by molar-refractivity contribution is 7.89. The molecule has 2 atom stereocenters. The van der Waals surface area contributed by atoms with E-state index in [1.165, 1.54) is 0 Å². The van der Waals surface area contributed by atoms with Crippen molar-refractivity contribution in [3.05, 3.63) is 18.0 Å². The average molecular weight is 315 g/mol. The summed E-state index contributed by atoms with van der Waals surface area (Å²) in [6, 6.07) is 1.66. The molecule has 1 aromatic heterocycles. The fourth-order valence-electron chi connectivity index (χ4n) is 2.64.